The molecule has 1 fully saturated rings. The predicted octanol–water partition coefficient (Wildman–Crippen LogP) is 2.71. The van der Waals surface area contributed by atoms with Crippen LogP contribution in [0, 0.1) is 5.92 Å². The molecule has 0 spiro atoms. The lowest BCUT2D eigenvalue weighted by Gasteiger charge is -2.30. The zero-order valence-corrected chi connectivity index (χ0v) is 17.4. The van der Waals surface area contributed by atoms with Crippen molar-refractivity contribution in [1.29, 1.82) is 0 Å². The first-order valence-corrected chi connectivity index (χ1v) is 11.0. The topological polar surface area (TPSA) is 99.1 Å². The fourth-order valence-corrected chi connectivity index (χ4v) is 4.67. The standard InChI is InChI=1S/C19H20BrN3O4S/c20-16-3-7-18(8-4-16)28(26,27)23-11-9-15(10-12-23)19(25)22-21-13-14-1-5-17(24)6-2-14/h1-8,13,15,24H,9-12H2,(H,22,25)/b21-13-. The number of carbonyl (C=O) groups is 1. The number of sulfonamides is 1. The predicted molar refractivity (Wildman–Crippen MR) is 109 cm³/mol. The number of phenolic OH excluding ortho intramolecular Hbond substituents is 1. The lowest BCUT2D eigenvalue weighted by molar-refractivity contribution is -0.126. The van der Waals surface area contributed by atoms with Gasteiger partial charge in [0, 0.05) is 23.5 Å². The number of phenols is 1. The van der Waals surface area contributed by atoms with E-state index in [4.69, 9.17) is 0 Å². The quantitative estimate of drug-likeness (QED) is 0.523. The molecule has 2 N–H and O–H groups in total. The minimum atomic E-state index is -3.55. The Morgan fingerprint density at radius 2 is 1.71 bits per heavy atom. The third kappa shape index (κ3) is 4.98. The van der Waals surface area contributed by atoms with Gasteiger partial charge in [-0.3, -0.25) is 4.79 Å². The van der Waals surface area contributed by atoms with Gasteiger partial charge in [-0.05, 0) is 66.9 Å². The van der Waals surface area contributed by atoms with Crippen molar-refractivity contribution < 1.29 is 18.3 Å². The van der Waals surface area contributed by atoms with Gasteiger partial charge in [-0.25, -0.2) is 13.8 Å². The van der Waals surface area contributed by atoms with Gasteiger partial charge in [-0.15, -0.1) is 0 Å². The SMILES string of the molecule is O=C(N/N=C\c1ccc(O)cc1)C1CCN(S(=O)(=O)c2ccc(Br)cc2)CC1. The highest BCUT2D eigenvalue weighted by Crippen LogP contribution is 2.25. The number of amides is 1. The van der Waals surface area contributed by atoms with Crippen molar-refractivity contribution in [3.05, 3.63) is 58.6 Å². The molecule has 28 heavy (non-hydrogen) atoms. The third-order valence-electron chi connectivity index (χ3n) is 4.56. The van der Waals surface area contributed by atoms with Crippen LogP contribution in [0.1, 0.15) is 18.4 Å². The van der Waals surface area contributed by atoms with Crippen LogP contribution in [0.4, 0.5) is 0 Å². The van der Waals surface area contributed by atoms with Crippen molar-refractivity contribution in [3.8, 4) is 5.75 Å². The van der Waals surface area contributed by atoms with Crippen LogP contribution in [-0.2, 0) is 14.8 Å². The molecule has 1 amide bonds. The van der Waals surface area contributed by atoms with Crippen LogP contribution in [0.25, 0.3) is 0 Å². The number of piperidine rings is 1. The Labute approximate surface area is 172 Å². The van der Waals surface area contributed by atoms with Gasteiger partial charge in [0.2, 0.25) is 15.9 Å². The van der Waals surface area contributed by atoms with E-state index >= 15 is 0 Å². The van der Waals surface area contributed by atoms with Gasteiger partial charge in [0.1, 0.15) is 5.75 Å². The zero-order chi connectivity index (χ0) is 20.1. The molecule has 0 unspecified atom stereocenters. The second-order valence-electron chi connectivity index (χ2n) is 6.46. The molecule has 0 atom stereocenters. The van der Waals surface area contributed by atoms with Crippen molar-refractivity contribution in [2.24, 2.45) is 11.0 Å². The van der Waals surface area contributed by atoms with Crippen LogP contribution in [0.5, 0.6) is 5.75 Å². The lowest BCUT2D eigenvalue weighted by atomic mass is 9.98. The van der Waals surface area contributed by atoms with E-state index in [-0.39, 0.29) is 35.6 Å². The number of carbonyl (C=O) groups excluding carboxylic acids is 1. The molecular formula is C19H20BrN3O4S. The normalized spacial score (nSPS) is 16.3. The summed E-state index contributed by atoms with van der Waals surface area (Å²) in [6.45, 7) is 0.580. The summed E-state index contributed by atoms with van der Waals surface area (Å²) in [4.78, 5) is 12.5. The van der Waals surface area contributed by atoms with Crippen molar-refractivity contribution >= 4 is 38.1 Å². The highest BCUT2D eigenvalue weighted by Gasteiger charge is 2.32. The average molecular weight is 466 g/mol. The largest absolute Gasteiger partial charge is 0.508 e. The molecule has 3 rings (SSSR count). The number of hydrogen-bond acceptors (Lipinski definition) is 5. The Morgan fingerprint density at radius 1 is 1.11 bits per heavy atom. The molecular weight excluding hydrogens is 446 g/mol. The number of hydrogen-bond donors (Lipinski definition) is 2. The summed E-state index contributed by atoms with van der Waals surface area (Å²) in [5, 5.41) is 13.2. The van der Waals surface area contributed by atoms with Crippen LogP contribution >= 0.6 is 15.9 Å². The van der Waals surface area contributed by atoms with Crippen molar-refractivity contribution in [1.82, 2.24) is 9.73 Å². The average Bonchev–Trinajstić information content (AvgIpc) is 2.70. The Bertz CT molecular complexity index is 952. The second kappa shape index (κ2) is 8.85. The second-order valence-corrected chi connectivity index (χ2v) is 9.31. The first-order valence-electron chi connectivity index (χ1n) is 8.74. The van der Waals surface area contributed by atoms with Crippen molar-refractivity contribution in [2.75, 3.05) is 13.1 Å². The first kappa shape index (κ1) is 20.5. The minimum absolute atomic E-state index is 0.158. The molecule has 148 valence electrons. The molecule has 9 heteroatoms. The highest BCUT2D eigenvalue weighted by atomic mass is 79.9. The maximum absolute atomic E-state index is 12.7. The molecule has 0 radical (unpaired) electrons. The van der Waals surface area contributed by atoms with Gasteiger partial charge in [-0.2, -0.15) is 9.41 Å². The first-order chi connectivity index (χ1) is 13.4. The molecule has 1 saturated heterocycles. The summed E-state index contributed by atoms with van der Waals surface area (Å²) >= 11 is 3.30. The van der Waals surface area contributed by atoms with Crippen molar-refractivity contribution in [3.63, 3.8) is 0 Å². The number of nitrogens with zero attached hydrogens (tertiary/aromatic N) is 2. The Hall–Kier alpha value is -2.23. The zero-order valence-electron chi connectivity index (χ0n) is 15.0. The van der Waals surface area contributed by atoms with Crippen LogP contribution in [-0.4, -0.2) is 43.0 Å². The maximum atomic E-state index is 12.7. The summed E-state index contributed by atoms with van der Waals surface area (Å²) in [6.07, 6.45) is 2.37. The molecule has 1 heterocycles. The van der Waals surface area contributed by atoms with Gasteiger partial charge in [0.05, 0.1) is 11.1 Å². The van der Waals surface area contributed by atoms with E-state index in [0.717, 1.165) is 10.0 Å². The van der Waals surface area contributed by atoms with Gasteiger partial charge in [0.15, 0.2) is 0 Å². The van der Waals surface area contributed by atoms with Crippen LogP contribution < -0.4 is 5.43 Å². The molecule has 0 aliphatic carbocycles. The number of nitrogens with one attached hydrogen (secondary N) is 1. The van der Waals surface area contributed by atoms with Crippen LogP contribution in [0.3, 0.4) is 0 Å². The van der Waals surface area contributed by atoms with E-state index in [2.05, 4.69) is 26.5 Å². The van der Waals surface area contributed by atoms with Crippen LogP contribution in [0.15, 0.2) is 63.0 Å². The van der Waals surface area contributed by atoms with E-state index < -0.39 is 10.0 Å². The van der Waals surface area contributed by atoms with Gasteiger partial charge in [0.25, 0.3) is 0 Å². The summed E-state index contributed by atoms with van der Waals surface area (Å²) in [5.41, 5.74) is 3.25. The Balaban J connectivity index is 1.53. The summed E-state index contributed by atoms with van der Waals surface area (Å²) in [7, 11) is -3.55. The molecule has 2 aromatic rings. The molecule has 1 aliphatic rings. The van der Waals surface area contributed by atoms with E-state index in [9.17, 15) is 18.3 Å². The Kier molecular flexibility index (Phi) is 6.48. The number of benzene rings is 2. The molecule has 0 aromatic heterocycles. The number of halogens is 1. The number of aromatic hydroxyl groups is 1. The van der Waals surface area contributed by atoms with E-state index in [1.807, 2.05) is 0 Å². The van der Waals surface area contributed by atoms with Crippen LogP contribution in [0.2, 0.25) is 0 Å². The maximum Gasteiger partial charge on any atom is 0.243 e. The third-order valence-corrected chi connectivity index (χ3v) is 7.00. The fraction of sp³-hybridized carbons (Fsp3) is 0.263. The molecule has 0 bridgehead atoms. The number of rotatable bonds is 5. The van der Waals surface area contributed by atoms with Gasteiger partial charge in [-0.1, -0.05) is 15.9 Å². The monoisotopic (exact) mass is 465 g/mol. The number of hydrazone groups is 1. The summed E-state index contributed by atoms with van der Waals surface area (Å²) in [5.74, 6) is -0.352. The lowest BCUT2D eigenvalue weighted by Crippen LogP contribution is -2.42. The van der Waals surface area contributed by atoms with Gasteiger partial charge >= 0.3 is 0 Å². The Morgan fingerprint density at radius 3 is 2.32 bits per heavy atom. The van der Waals surface area contributed by atoms with Crippen molar-refractivity contribution in [2.45, 2.75) is 17.7 Å². The summed E-state index contributed by atoms with van der Waals surface area (Å²) < 4.78 is 27.6. The molecule has 0 saturated carbocycles. The van der Waals surface area contributed by atoms with E-state index in [1.54, 1.807) is 36.4 Å². The smallest absolute Gasteiger partial charge is 0.243 e. The molecule has 7 nitrogen and oxygen atoms in total. The van der Waals surface area contributed by atoms with Gasteiger partial charge < -0.3 is 5.11 Å². The van der Waals surface area contributed by atoms with E-state index in [1.165, 1.54) is 22.7 Å². The van der Waals surface area contributed by atoms with E-state index in [0.29, 0.717) is 12.8 Å². The molecule has 2 aromatic carbocycles. The summed E-state index contributed by atoms with van der Waals surface area (Å²) in [6, 6.07) is 12.9. The minimum Gasteiger partial charge on any atom is -0.508 e. The molecule has 1 aliphatic heterocycles. The fourth-order valence-electron chi connectivity index (χ4n) is 2.94. The highest BCUT2D eigenvalue weighted by molar-refractivity contribution is 9.10.